The average Bonchev–Trinajstić information content (AvgIpc) is 2.42. The number of aromatic nitrogens is 1. The van der Waals surface area contributed by atoms with E-state index >= 15 is 0 Å². The molecule has 1 aromatic carbocycles. The highest BCUT2D eigenvalue weighted by molar-refractivity contribution is 6.29. The number of nitrogens with two attached hydrogens (primary N) is 1. The van der Waals surface area contributed by atoms with Crippen molar-refractivity contribution in [1.29, 1.82) is 0 Å². The molecule has 0 aliphatic rings. The van der Waals surface area contributed by atoms with Gasteiger partial charge in [0.2, 0.25) is 5.88 Å². The molecule has 2 N–H and O–H groups in total. The Morgan fingerprint density at radius 3 is 2.86 bits per heavy atom. The van der Waals surface area contributed by atoms with Gasteiger partial charge in [0.1, 0.15) is 16.5 Å². The summed E-state index contributed by atoms with van der Waals surface area (Å²) in [5, 5.41) is 1.12. The smallest absolute Gasteiger partial charge is 0.336 e. The summed E-state index contributed by atoms with van der Waals surface area (Å²) in [5.74, 6) is 0.662. The van der Waals surface area contributed by atoms with Crippen molar-refractivity contribution in [1.82, 2.24) is 4.98 Å². The van der Waals surface area contributed by atoms with Crippen molar-refractivity contribution in [2.75, 3.05) is 5.73 Å². The van der Waals surface area contributed by atoms with Crippen LogP contribution in [0.3, 0.4) is 0 Å². The molecule has 3 aromatic rings. The lowest BCUT2D eigenvalue weighted by Crippen LogP contribution is -1.98. The molecule has 0 atom stereocenters. The Bertz CT molecular complexity index is 890. The Morgan fingerprint density at radius 2 is 2.05 bits per heavy atom. The molecule has 0 radical (unpaired) electrons. The number of halogens is 1. The van der Waals surface area contributed by atoms with Crippen LogP contribution in [0, 0.1) is 6.92 Å². The standard InChI is InChI=1S/C15H11ClN2O3/c1-8-6-14(19)21-12-7-9(2-3-10(8)12)20-15-11(17)4-5-13(16)18-15/h2-7H,17H2,1H3. The van der Waals surface area contributed by atoms with Crippen LogP contribution in [0.15, 0.2) is 45.6 Å². The first-order valence-corrected chi connectivity index (χ1v) is 6.55. The molecular weight excluding hydrogens is 292 g/mol. The molecule has 0 unspecified atom stereocenters. The Labute approximate surface area is 124 Å². The van der Waals surface area contributed by atoms with E-state index in [-0.39, 0.29) is 11.0 Å². The van der Waals surface area contributed by atoms with Crippen molar-refractivity contribution in [3.05, 3.63) is 57.5 Å². The fourth-order valence-electron chi connectivity index (χ4n) is 1.99. The zero-order chi connectivity index (χ0) is 15.0. The van der Waals surface area contributed by atoms with Gasteiger partial charge in [0.25, 0.3) is 0 Å². The molecule has 5 nitrogen and oxygen atoms in total. The minimum atomic E-state index is -0.405. The van der Waals surface area contributed by atoms with Crippen LogP contribution in [0.2, 0.25) is 5.15 Å². The van der Waals surface area contributed by atoms with Crippen LogP contribution in [-0.4, -0.2) is 4.98 Å². The molecule has 6 heteroatoms. The summed E-state index contributed by atoms with van der Waals surface area (Å²) >= 11 is 5.81. The molecular formula is C15H11ClN2O3. The maximum absolute atomic E-state index is 11.4. The number of aryl methyl sites for hydroxylation is 1. The van der Waals surface area contributed by atoms with E-state index in [1.54, 1.807) is 24.3 Å². The lowest BCUT2D eigenvalue weighted by molar-refractivity contribution is 0.464. The van der Waals surface area contributed by atoms with Crippen LogP contribution >= 0.6 is 11.6 Å². The first kappa shape index (κ1) is 13.5. The van der Waals surface area contributed by atoms with Gasteiger partial charge in [-0.15, -0.1) is 0 Å². The molecule has 0 fully saturated rings. The Kier molecular flexibility index (Phi) is 3.27. The number of rotatable bonds is 2. The summed E-state index contributed by atoms with van der Waals surface area (Å²) in [4.78, 5) is 15.4. The molecule has 0 amide bonds. The van der Waals surface area contributed by atoms with Gasteiger partial charge < -0.3 is 14.9 Å². The largest absolute Gasteiger partial charge is 0.437 e. The van der Waals surface area contributed by atoms with Gasteiger partial charge >= 0.3 is 5.63 Å². The van der Waals surface area contributed by atoms with Gasteiger partial charge in [-0.05, 0) is 36.8 Å². The Morgan fingerprint density at radius 1 is 1.24 bits per heavy atom. The predicted molar refractivity (Wildman–Crippen MR) is 81.0 cm³/mol. The number of fused-ring (bicyclic) bond motifs is 1. The number of hydrogen-bond donors (Lipinski definition) is 1. The number of pyridine rings is 1. The molecule has 2 aromatic heterocycles. The van der Waals surface area contributed by atoms with Crippen LogP contribution in [0.4, 0.5) is 5.69 Å². The van der Waals surface area contributed by atoms with Crippen molar-refractivity contribution in [2.45, 2.75) is 6.92 Å². The zero-order valence-corrected chi connectivity index (χ0v) is 11.8. The van der Waals surface area contributed by atoms with Crippen LogP contribution in [-0.2, 0) is 0 Å². The van der Waals surface area contributed by atoms with Gasteiger partial charge in [0.05, 0.1) is 5.69 Å². The van der Waals surface area contributed by atoms with Crippen LogP contribution in [0.1, 0.15) is 5.56 Å². The van der Waals surface area contributed by atoms with Gasteiger partial charge in [-0.25, -0.2) is 4.79 Å². The molecule has 0 aliphatic heterocycles. The molecule has 0 aliphatic carbocycles. The molecule has 21 heavy (non-hydrogen) atoms. The highest BCUT2D eigenvalue weighted by atomic mass is 35.5. The SMILES string of the molecule is Cc1cc(=O)oc2cc(Oc3nc(Cl)ccc3N)ccc12. The lowest BCUT2D eigenvalue weighted by atomic mass is 10.1. The summed E-state index contributed by atoms with van der Waals surface area (Å²) in [7, 11) is 0. The van der Waals surface area contributed by atoms with E-state index in [9.17, 15) is 4.79 Å². The predicted octanol–water partition coefficient (Wildman–Crippen LogP) is 3.52. The Hall–Kier alpha value is -2.53. The van der Waals surface area contributed by atoms with E-state index in [4.69, 9.17) is 26.5 Å². The molecule has 3 rings (SSSR count). The van der Waals surface area contributed by atoms with E-state index in [2.05, 4.69) is 4.98 Å². The second-order valence-corrected chi connectivity index (χ2v) is 4.92. The quantitative estimate of drug-likeness (QED) is 0.579. The average molecular weight is 303 g/mol. The number of benzene rings is 1. The monoisotopic (exact) mass is 302 g/mol. The first-order chi connectivity index (χ1) is 10.0. The van der Waals surface area contributed by atoms with Crippen molar-refractivity contribution in [3.63, 3.8) is 0 Å². The highest BCUT2D eigenvalue weighted by Crippen LogP contribution is 2.29. The van der Waals surface area contributed by atoms with Crippen molar-refractivity contribution >= 4 is 28.3 Å². The molecule has 2 heterocycles. The van der Waals surface area contributed by atoms with Gasteiger partial charge in [-0.1, -0.05) is 11.6 Å². The van der Waals surface area contributed by atoms with Gasteiger partial charge in [-0.2, -0.15) is 4.98 Å². The van der Waals surface area contributed by atoms with Gasteiger partial charge in [0, 0.05) is 17.5 Å². The van der Waals surface area contributed by atoms with Crippen LogP contribution in [0.5, 0.6) is 11.6 Å². The second kappa shape index (κ2) is 5.10. The van der Waals surface area contributed by atoms with E-state index in [0.29, 0.717) is 17.0 Å². The fraction of sp³-hybridized carbons (Fsp3) is 0.0667. The maximum Gasteiger partial charge on any atom is 0.336 e. The summed E-state index contributed by atoms with van der Waals surface area (Å²) in [6.45, 7) is 1.84. The normalized spacial score (nSPS) is 10.8. The van der Waals surface area contributed by atoms with Gasteiger partial charge in [-0.3, -0.25) is 0 Å². The number of hydrogen-bond acceptors (Lipinski definition) is 5. The first-order valence-electron chi connectivity index (χ1n) is 6.17. The molecule has 0 saturated carbocycles. The fourth-order valence-corrected chi connectivity index (χ4v) is 2.13. The minimum absolute atomic E-state index is 0.205. The van der Waals surface area contributed by atoms with Crippen molar-refractivity contribution in [3.8, 4) is 11.6 Å². The molecule has 0 bridgehead atoms. The van der Waals surface area contributed by atoms with Crippen molar-refractivity contribution < 1.29 is 9.15 Å². The van der Waals surface area contributed by atoms with E-state index in [0.717, 1.165) is 10.9 Å². The van der Waals surface area contributed by atoms with Crippen molar-refractivity contribution in [2.24, 2.45) is 0 Å². The second-order valence-electron chi connectivity index (χ2n) is 4.54. The third-order valence-corrected chi connectivity index (χ3v) is 3.20. The van der Waals surface area contributed by atoms with Crippen LogP contribution in [0.25, 0.3) is 11.0 Å². The minimum Gasteiger partial charge on any atom is -0.437 e. The molecule has 0 saturated heterocycles. The van der Waals surface area contributed by atoms with E-state index in [1.165, 1.54) is 6.07 Å². The number of nitrogen functional groups attached to an aromatic ring is 1. The van der Waals surface area contributed by atoms with Crippen LogP contribution < -0.4 is 16.1 Å². The molecule has 106 valence electrons. The zero-order valence-electron chi connectivity index (χ0n) is 11.1. The number of ether oxygens (including phenoxy) is 1. The van der Waals surface area contributed by atoms with E-state index < -0.39 is 5.63 Å². The summed E-state index contributed by atoms with van der Waals surface area (Å²) in [6, 6.07) is 9.80. The number of nitrogens with zero attached hydrogens (tertiary/aromatic N) is 1. The summed E-state index contributed by atoms with van der Waals surface area (Å²) < 4.78 is 10.8. The summed E-state index contributed by atoms with van der Waals surface area (Å²) in [6.07, 6.45) is 0. The van der Waals surface area contributed by atoms with Gasteiger partial charge in [0.15, 0.2) is 0 Å². The Balaban J connectivity index is 2.05. The third kappa shape index (κ3) is 2.68. The highest BCUT2D eigenvalue weighted by Gasteiger charge is 2.08. The lowest BCUT2D eigenvalue weighted by Gasteiger charge is -2.08. The van der Waals surface area contributed by atoms with E-state index in [1.807, 2.05) is 13.0 Å². The maximum atomic E-state index is 11.4. The number of anilines is 1. The third-order valence-electron chi connectivity index (χ3n) is 2.99. The topological polar surface area (TPSA) is 78.3 Å². The summed E-state index contributed by atoms with van der Waals surface area (Å²) in [5.41, 5.74) is 7.02. The molecule has 0 spiro atoms.